The smallest absolute Gasteiger partial charge is 0.243 e. The van der Waals surface area contributed by atoms with Crippen LogP contribution in [-0.4, -0.2) is 36.7 Å². The summed E-state index contributed by atoms with van der Waals surface area (Å²) < 4.78 is 41.2. The van der Waals surface area contributed by atoms with E-state index in [0.29, 0.717) is 11.6 Å². The van der Waals surface area contributed by atoms with Crippen molar-refractivity contribution in [2.24, 2.45) is 0 Å². The fourth-order valence-corrected chi connectivity index (χ4v) is 4.24. The number of aryl methyl sites for hydroxylation is 1. The minimum absolute atomic E-state index is 0.0346. The largest absolute Gasteiger partial charge is 0.345 e. The molecule has 0 aliphatic heterocycles. The topological polar surface area (TPSA) is 59.4 Å². The summed E-state index contributed by atoms with van der Waals surface area (Å²) in [5.74, 6) is -0.751. The summed E-state index contributed by atoms with van der Waals surface area (Å²) in [6, 6.07) is 6.86. The predicted molar refractivity (Wildman–Crippen MR) is 92.7 cm³/mol. The van der Waals surface area contributed by atoms with Gasteiger partial charge in [0, 0.05) is 30.0 Å². The predicted octanol–water partition coefficient (Wildman–Crippen LogP) is 3.08. The number of hydrogen-bond donors (Lipinski definition) is 0. The summed E-state index contributed by atoms with van der Waals surface area (Å²) in [4.78, 5) is 12.6. The van der Waals surface area contributed by atoms with E-state index in [1.807, 2.05) is 19.9 Å². The second-order valence-corrected chi connectivity index (χ2v) is 8.57. The lowest BCUT2D eigenvalue weighted by atomic mass is 10.1. The molecule has 1 aromatic carbocycles. The van der Waals surface area contributed by atoms with E-state index in [2.05, 4.69) is 4.57 Å². The molecule has 5 nitrogen and oxygen atoms in total. The van der Waals surface area contributed by atoms with E-state index >= 15 is 0 Å². The molecule has 0 spiro atoms. The molecule has 25 heavy (non-hydrogen) atoms. The Morgan fingerprint density at radius 1 is 1.24 bits per heavy atom. The number of carbonyl (C=O) groups is 1. The van der Waals surface area contributed by atoms with Crippen LogP contribution in [0.25, 0.3) is 0 Å². The maximum absolute atomic E-state index is 13.0. The summed E-state index contributed by atoms with van der Waals surface area (Å²) in [5, 5.41) is 0. The number of aromatic nitrogens is 1. The van der Waals surface area contributed by atoms with Gasteiger partial charge in [0.25, 0.3) is 0 Å². The van der Waals surface area contributed by atoms with Crippen molar-refractivity contribution < 1.29 is 17.6 Å². The van der Waals surface area contributed by atoms with Gasteiger partial charge in [-0.15, -0.1) is 0 Å². The van der Waals surface area contributed by atoms with Crippen LogP contribution >= 0.6 is 0 Å². The Kier molecular flexibility index (Phi) is 4.55. The molecule has 3 rings (SSSR count). The summed E-state index contributed by atoms with van der Waals surface area (Å²) in [5.41, 5.74) is 2.47. The lowest BCUT2D eigenvalue weighted by molar-refractivity contribution is 0.0972. The third kappa shape index (κ3) is 3.39. The molecule has 7 heteroatoms. The Morgan fingerprint density at radius 2 is 1.84 bits per heavy atom. The molecule has 0 amide bonds. The zero-order valence-electron chi connectivity index (χ0n) is 14.5. The van der Waals surface area contributed by atoms with Crippen molar-refractivity contribution in [3.63, 3.8) is 0 Å². The molecular formula is C18H21FN2O3S. The average molecular weight is 364 g/mol. The van der Waals surface area contributed by atoms with E-state index in [-0.39, 0.29) is 17.2 Å². The van der Waals surface area contributed by atoms with Gasteiger partial charge in [0.05, 0.1) is 11.4 Å². The van der Waals surface area contributed by atoms with Crippen LogP contribution in [-0.2, 0) is 10.0 Å². The van der Waals surface area contributed by atoms with Crippen LogP contribution in [0, 0.1) is 19.7 Å². The third-order valence-corrected chi connectivity index (χ3v) is 6.40. The lowest BCUT2D eigenvalue weighted by Crippen LogP contribution is -2.32. The number of Topliss-reactive ketones (excluding diaryl/α,β-unsaturated/α-hetero) is 1. The highest BCUT2D eigenvalue weighted by molar-refractivity contribution is 7.89. The Morgan fingerprint density at radius 3 is 2.40 bits per heavy atom. The Bertz CT molecular complexity index is 913. The first kappa shape index (κ1) is 17.8. The number of halogens is 1. The Hall–Kier alpha value is -1.99. The van der Waals surface area contributed by atoms with Gasteiger partial charge in [-0.05, 0) is 57.0 Å². The number of nitrogens with zero attached hydrogens (tertiary/aromatic N) is 2. The molecule has 1 saturated carbocycles. The van der Waals surface area contributed by atoms with Gasteiger partial charge in [-0.1, -0.05) is 0 Å². The molecule has 134 valence electrons. The fourth-order valence-electron chi connectivity index (χ4n) is 3.11. The molecule has 1 aliphatic rings. The van der Waals surface area contributed by atoms with Gasteiger partial charge in [-0.25, -0.2) is 12.8 Å². The number of carbonyl (C=O) groups excluding carboxylic acids is 1. The Labute approximate surface area is 147 Å². The molecule has 2 aromatic rings. The van der Waals surface area contributed by atoms with Gasteiger partial charge in [0.2, 0.25) is 10.0 Å². The van der Waals surface area contributed by atoms with Crippen molar-refractivity contribution in [1.29, 1.82) is 0 Å². The van der Waals surface area contributed by atoms with Crippen LogP contribution in [0.3, 0.4) is 0 Å². The van der Waals surface area contributed by atoms with Crippen LogP contribution in [0.2, 0.25) is 0 Å². The molecule has 1 aliphatic carbocycles. The minimum Gasteiger partial charge on any atom is -0.345 e. The van der Waals surface area contributed by atoms with Crippen molar-refractivity contribution in [3.8, 4) is 0 Å². The summed E-state index contributed by atoms with van der Waals surface area (Å²) >= 11 is 0. The van der Waals surface area contributed by atoms with Gasteiger partial charge in [-0.2, -0.15) is 4.31 Å². The summed E-state index contributed by atoms with van der Waals surface area (Å²) in [6.07, 6.45) is 2.23. The van der Waals surface area contributed by atoms with Crippen LogP contribution in [0.1, 0.15) is 40.6 Å². The first-order valence-corrected chi connectivity index (χ1v) is 9.59. The van der Waals surface area contributed by atoms with Gasteiger partial charge >= 0.3 is 0 Å². The molecule has 1 aromatic heterocycles. The van der Waals surface area contributed by atoms with Crippen LogP contribution < -0.4 is 0 Å². The first-order valence-electron chi connectivity index (χ1n) is 8.15. The van der Waals surface area contributed by atoms with Crippen LogP contribution in [0.15, 0.2) is 35.2 Å². The molecule has 0 atom stereocenters. The maximum Gasteiger partial charge on any atom is 0.243 e. The number of rotatable bonds is 6. The molecule has 0 unspecified atom stereocenters. The van der Waals surface area contributed by atoms with Gasteiger partial charge in [0.15, 0.2) is 5.78 Å². The summed E-state index contributed by atoms with van der Waals surface area (Å²) in [7, 11) is -2.48. The van der Waals surface area contributed by atoms with E-state index in [4.69, 9.17) is 0 Å². The highest BCUT2D eigenvalue weighted by Gasteiger charge is 2.29. The van der Waals surface area contributed by atoms with Crippen molar-refractivity contribution in [2.75, 3.05) is 13.6 Å². The molecule has 0 bridgehead atoms. The second kappa shape index (κ2) is 6.38. The minimum atomic E-state index is -3.84. The number of benzene rings is 1. The van der Waals surface area contributed by atoms with Crippen LogP contribution in [0.4, 0.5) is 4.39 Å². The number of sulfonamides is 1. The normalized spacial score (nSPS) is 14.9. The van der Waals surface area contributed by atoms with Gasteiger partial charge in [0.1, 0.15) is 5.82 Å². The Balaban J connectivity index is 1.81. The molecular weight excluding hydrogens is 343 g/mol. The van der Waals surface area contributed by atoms with Crippen molar-refractivity contribution in [3.05, 3.63) is 53.1 Å². The van der Waals surface area contributed by atoms with Crippen molar-refractivity contribution in [1.82, 2.24) is 8.87 Å². The zero-order chi connectivity index (χ0) is 18.4. The zero-order valence-corrected chi connectivity index (χ0v) is 15.3. The molecule has 1 heterocycles. The van der Waals surface area contributed by atoms with E-state index < -0.39 is 15.8 Å². The first-order chi connectivity index (χ1) is 11.7. The number of ketones is 1. The quantitative estimate of drug-likeness (QED) is 0.740. The van der Waals surface area contributed by atoms with Crippen molar-refractivity contribution in [2.45, 2.75) is 37.6 Å². The van der Waals surface area contributed by atoms with Gasteiger partial charge < -0.3 is 4.57 Å². The molecule has 0 radical (unpaired) electrons. The third-order valence-electron chi connectivity index (χ3n) is 4.58. The summed E-state index contributed by atoms with van der Waals surface area (Å²) in [6.45, 7) is 3.60. The molecule has 0 N–H and O–H groups in total. The molecule has 1 fully saturated rings. The van der Waals surface area contributed by atoms with E-state index in [9.17, 15) is 17.6 Å². The maximum atomic E-state index is 13.0. The standard InChI is InChI=1S/C18H21FN2O3S/c1-12-10-17(13(2)21(12)15-6-7-15)18(22)11-20(3)25(23,24)16-8-4-14(19)5-9-16/h4-5,8-10,15H,6-7,11H2,1-3H3. The van der Waals surface area contributed by atoms with Crippen LogP contribution in [0.5, 0.6) is 0 Å². The molecule has 0 saturated heterocycles. The lowest BCUT2D eigenvalue weighted by Gasteiger charge is -2.16. The highest BCUT2D eigenvalue weighted by atomic mass is 32.2. The number of hydrogen-bond acceptors (Lipinski definition) is 3. The van der Waals surface area contributed by atoms with E-state index in [1.54, 1.807) is 0 Å². The second-order valence-electron chi connectivity index (χ2n) is 6.52. The van der Waals surface area contributed by atoms with Crippen molar-refractivity contribution >= 4 is 15.8 Å². The average Bonchev–Trinajstić information content (AvgIpc) is 3.33. The number of likely N-dealkylation sites (N-methyl/N-ethyl adjacent to an activating group) is 1. The van der Waals surface area contributed by atoms with Gasteiger partial charge in [-0.3, -0.25) is 4.79 Å². The SMILES string of the molecule is Cc1cc(C(=O)CN(C)S(=O)(=O)c2ccc(F)cc2)c(C)n1C1CC1. The highest BCUT2D eigenvalue weighted by Crippen LogP contribution is 2.38. The fraction of sp³-hybridized carbons (Fsp3) is 0.389. The monoisotopic (exact) mass is 364 g/mol. The van der Waals surface area contributed by atoms with E-state index in [1.165, 1.54) is 19.2 Å². The van der Waals surface area contributed by atoms with E-state index in [0.717, 1.165) is 40.7 Å².